The largest absolute Gasteiger partial charge is 0.298 e. The zero-order valence-corrected chi connectivity index (χ0v) is 13.4. The zero-order valence-electron chi connectivity index (χ0n) is 11.8. The summed E-state index contributed by atoms with van der Waals surface area (Å²) in [5.41, 5.74) is -1.29. The van der Waals surface area contributed by atoms with Crippen LogP contribution in [0.25, 0.3) is 10.2 Å². The lowest BCUT2D eigenvalue weighted by atomic mass is 10.1. The van der Waals surface area contributed by atoms with Crippen LogP contribution in [0.1, 0.15) is 10.4 Å². The lowest BCUT2D eigenvalue weighted by Gasteiger charge is -2.03. The molecule has 3 rings (SSSR count). The molecule has 0 fully saturated rings. The van der Waals surface area contributed by atoms with E-state index in [0.717, 1.165) is 18.2 Å². The van der Waals surface area contributed by atoms with Crippen molar-refractivity contribution >= 4 is 49.9 Å². The van der Waals surface area contributed by atoms with Gasteiger partial charge in [-0.1, -0.05) is 22.9 Å². The Morgan fingerprint density at radius 3 is 2.64 bits per heavy atom. The van der Waals surface area contributed by atoms with Crippen LogP contribution in [0, 0.1) is 27.6 Å². The van der Waals surface area contributed by atoms with Crippen LogP contribution in [0.3, 0.4) is 0 Å². The minimum atomic E-state index is -1.68. The van der Waals surface area contributed by atoms with Crippen molar-refractivity contribution in [3.8, 4) is 0 Å². The summed E-state index contributed by atoms with van der Waals surface area (Å²) < 4.78 is 40.1. The number of amides is 1. The summed E-state index contributed by atoms with van der Waals surface area (Å²) in [5.74, 6) is -5.45. The van der Waals surface area contributed by atoms with Crippen LogP contribution in [0.5, 0.6) is 0 Å². The van der Waals surface area contributed by atoms with Crippen LogP contribution in [0.4, 0.5) is 24.0 Å². The molecular weight excluding hydrogens is 383 g/mol. The fourth-order valence-electron chi connectivity index (χ4n) is 2.04. The Bertz CT molecular complexity index is 1040. The number of carbonyl (C=O) groups is 1. The van der Waals surface area contributed by atoms with Crippen molar-refractivity contribution in [1.82, 2.24) is 4.98 Å². The Morgan fingerprint density at radius 2 is 1.96 bits per heavy atom. The van der Waals surface area contributed by atoms with E-state index in [1.165, 1.54) is 6.07 Å². The maximum absolute atomic E-state index is 13.7. The maximum Gasteiger partial charge on any atom is 0.283 e. The number of nitrogens with zero attached hydrogens (tertiary/aromatic N) is 2. The first-order valence-corrected chi connectivity index (χ1v) is 7.66. The van der Waals surface area contributed by atoms with Gasteiger partial charge in [-0.15, -0.1) is 0 Å². The van der Waals surface area contributed by atoms with Gasteiger partial charge in [0.05, 0.1) is 9.62 Å². The molecule has 0 spiro atoms. The average molecular weight is 388 g/mol. The second-order valence-corrected chi connectivity index (χ2v) is 6.19. The first kappa shape index (κ1) is 17.1. The van der Waals surface area contributed by atoms with Crippen molar-refractivity contribution in [3.63, 3.8) is 0 Å². The predicted molar refractivity (Wildman–Crippen MR) is 85.6 cm³/mol. The minimum absolute atomic E-state index is 0.0303. The SMILES string of the molecule is O=C(Nc1nc2c(F)c(F)c(F)cc2s1)c1ccc(Cl)cc1[N+](=O)[O-]. The van der Waals surface area contributed by atoms with Gasteiger partial charge < -0.3 is 0 Å². The Balaban J connectivity index is 1.98. The number of fused-ring (bicyclic) bond motifs is 1. The molecule has 1 N–H and O–H groups in total. The fourth-order valence-corrected chi connectivity index (χ4v) is 3.09. The van der Waals surface area contributed by atoms with Crippen LogP contribution >= 0.6 is 22.9 Å². The molecule has 6 nitrogen and oxygen atoms in total. The van der Waals surface area contributed by atoms with E-state index in [4.69, 9.17) is 11.6 Å². The number of nitro groups is 1. The van der Waals surface area contributed by atoms with Crippen molar-refractivity contribution in [3.05, 3.63) is 62.4 Å². The van der Waals surface area contributed by atoms with E-state index in [9.17, 15) is 28.1 Å². The highest BCUT2D eigenvalue weighted by Gasteiger charge is 2.23. The number of nitro benzene ring substituents is 1. The number of hydrogen-bond acceptors (Lipinski definition) is 5. The third-order valence-corrected chi connectivity index (χ3v) is 4.30. The van der Waals surface area contributed by atoms with Crippen LogP contribution in [0.2, 0.25) is 5.02 Å². The van der Waals surface area contributed by atoms with Gasteiger partial charge in [0.25, 0.3) is 11.6 Å². The normalized spacial score (nSPS) is 10.9. The Hall–Kier alpha value is -2.72. The predicted octanol–water partition coefficient (Wildman–Crippen LogP) is 4.53. The summed E-state index contributed by atoms with van der Waals surface area (Å²) in [6.45, 7) is 0. The van der Waals surface area contributed by atoms with Crippen LogP contribution in [0.15, 0.2) is 24.3 Å². The number of nitrogens with one attached hydrogen (secondary N) is 1. The number of aromatic nitrogens is 1. The third kappa shape index (κ3) is 3.13. The van der Waals surface area contributed by atoms with Gasteiger partial charge in [-0.2, -0.15) is 0 Å². The number of anilines is 1. The lowest BCUT2D eigenvalue weighted by Crippen LogP contribution is -2.13. The molecule has 1 aromatic heterocycles. The van der Waals surface area contributed by atoms with Gasteiger partial charge in [0.1, 0.15) is 11.1 Å². The van der Waals surface area contributed by atoms with E-state index in [2.05, 4.69) is 10.3 Å². The van der Waals surface area contributed by atoms with Gasteiger partial charge in [0.2, 0.25) is 0 Å². The van der Waals surface area contributed by atoms with Crippen LogP contribution in [-0.2, 0) is 0 Å². The van der Waals surface area contributed by atoms with Gasteiger partial charge in [-0.25, -0.2) is 18.2 Å². The molecule has 1 heterocycles. The van der Waals surface area contributed by atoms with Crippen molar-refractivity contribution in [1.29, 1.82) is 0 Å². The number of carbonyl (C=O) groups excluding carboxylic acids is 1. The highest BCUT2D eigenvalue weighted by molar-refractivity contribution is 7.22. The minimum Gasteiger partial charge on any atom is -0.298 e. The van der Waals surface area contributed by atoms with E-state index < -0.39 is 39.5 Å². The number of thiazole rings is 1. The van der Waals surface area contributed by atoms with Gasteiger partial charge in [-0.3, -0.25) is 20.2 Å². The summed E-state index contributed by atoms with van der Waals surface area (Å²) in [6.07, 6.45) is 0. The molecule has 1 amide bonds. The summed E-state index contributed by atoms with van der Waals surface area (Å²) in [4.78, 5) is 26.1. The topological polar surface area (TPSA) is 85.1 Å². The first-order chi connectivity index (χ1) is 11.8. The molecule has 0 saturated heterocycles. The van der Waals surface area contributed by atoms with Gasteiger partial charge in [-0.05, 0) is 18.2 Å². The molecule has 0 aliphatic carbocycles. The smallest absolute Gasteiger partial charge is 0.283 e. The highest BCUT2D eigenvalue weighted by atomic mass is 35.5. The molecule has 0 atom stereocenters. The van der Waals surface area contributed by atoms with Crippen LogP contribution < -0.4 is 5.32 Å². The summed E-state index contributed by atoms with van der Waals surface area (Å²) in [7, 11) is 0. The molecule has 0 unspecified atom stereocenters. The Kier molecular flexibility index (Phi) is 4.31. The van der Waals surface area contributed by atoms with E-state index >= 15 is 0 Å². The lowest BCUT2D eigenvalue weighted by molar-refractivity contribution is -0.385. The monoisotopic (exact) mass is 387 g/mol. The van der Waals surface area contributed by atoms with E-state index in [-0.39, 0.29) is 20.4 Å². The number of hydrogen-bond donors (Lipinski definition) is 1. The Morgan fingerprint density at radius 1 is 1.24 bits per heavy atom. The van der Waals surface area contributed by atoms with Crippen molar-refractivity contribution in [2.75, 3.05) is 5.32 Å². The fraction of sp³-hybridized carbons (Fsp3) is 0. The molecule has 0 aliphatic heterocycles. The molecule has 3 aromatic rings. The van der Waals surface area contributed by atoms with E-state index in [1.54, 1.807) is 0 Å². The second-order valence-electron chi connectivity index (χ2n) is 4.72. The summed E-state index contributed by atoms with van der Waals surface area (Å²) in [6, 6.07) is 4.17. The van der Waals surface area contributed by atoms with Gasteiger partial charge in [0, 0.05) is 11.1 Å². The molecular formula is C14H5ClF3N3O3S. The molecule has 11 heteroatoms. The number of halogens is 4. The van der Waals surface area contributed by atoms with E-state index in [1.807, 2.05) is 0 Å². The molecule has 128 valence electrons. The zero-order chi connectivity index (χ0) is 18.3. The van der Waals surface area contributed by atoms with Gasteiger partial charge >= 0.3 is 0 Å². The second kappa shape index (κ2) is 6.30. The quantitative estimate of drug-likeness (QED) is 0.406. The third-order valence-electron chi connectivity index (χ3n) is 3.14. The molecule has 0 aliphatic rings. The maximum atomic E-state index is 13.7. The molecule has 0 saturated carbocycles. The molecule has 0 radical (unpaired) electrons. The number of rotatable bonds is 3. The van der Waals surface area contributed by atoms with E-state index in [0.29, 0.717) is 11.3 Å². The summed E-state index contributed by atoms with van der Waals surface area (Å²) >= 11 is 6.36. The molecule has 0 bridgehead atoms. The number of benzene rings is 2. The molecule has 25 heavy (non-hydrogen) atoms. The summed E-state index contributed by atoms with van der Waals surface area (Å²) in [5, 5.41) is 13.1. The van der Waals surface area contributed by atoms with Crippen molar-refractivity contribution in [2.45, 2.75) is 0 Å². The Labute approximate surface area is 146 Å². The molecule has 2 aromatic carbocycles. The van der Waals surface area contributed by atoms with Gasteiger partial charge in [0.15, 0.2) is 22.6 Å². The average Bonchev–Trinajstić information content (AvgIpc) is 2.94. The van der Waals surface area contributed by atoms with Crippen LogP contribution in [-0.4, -0.2) is 15.8 Å². The van der Waals surface area contributed by atoms with Crippen molar-refractivity contribution < 1.29 is 22.9 Å². The standard InChI is InChI=1S/C14H5ClF3N3O3S/c15-5-1-2-6(8(3-5)21(23)24)13(22)20-14-19-12-9(25-14)4-7(16)10(17)11(12)18/h1-4H,(H,19,20,22). The van der Waals surface area contributed by atoms with Crippen molar-refractivity contribution in [2.24, 2.45) is 0 Å². The first-order valence-electron chi connectivity index (χ1n) is 6.47. The highest BCUT2D eigenvalue weighted by Crippen LogP contribution is 2.31.